The van der Waals surface area contributed by atoms with Gasteiger partial charge < -0.3 is 9.67 Å². The fraction of sp³-hybridized carbons (Fsp3) is 0.214. The van der Waals surface area contributed by atoms with E-state index in [0.717, 1.165) is 65.8 Å². The number of imidazole rings is 1. The zero-order chi connectivity index (χ0) is 22.1. The maximum atomic E-state index is 11.6. The van der Waals surface area contributed by atoms with E-state index < -0.39 is 5.97 Å². The number of carboxylic acids is 1. The first-order chi connectivity index (χ1) is 15.6. The third-order valence-electron chi connectivity index (χ3n) is 6.25. The maximum absolute atomic E-state index is 11.6. The number of aryl methyl sites for hydroxylation is 3. The second-order valence-corrected chi connectivity index (χ2v) is 8.40. The van der Waals surface area contributed by atoms with Gasteiger partial charge in [-0.15, -0.1) is 0 Å². The summed E-state index contributed by atoms with van der Waals surface area (Å²) < 4.78 is 2.32. The molecule has 1 N–H and O–H groups in total. The van der Waals surface area contributed by atoms with E-state index in [0.29, 0.717) is 0 Å². The molecule has 0 radical (unpaired) electrons. The number of hydrogen-bond acceptors (Lipinski definition) is 2. The second kappa shape index (κ2) is 8.46. The molecule has 0 saturated heterocycles. The van der Waals surface area contributed by atoms with Crippen molar-refractivity contribution in [2.45, 2.75) is 39.2 Å². The molecule has 3 aromatic carbocycles. The van der Waals surface area contributed by atoms with Crippen molar-refractivity contribution in [1.82, 2.24) is 9.55 Å². The van der Waals surface area contributed by atoms with Gasteiger partial charge in [0.15, 0.2) is 0 Å². The normalized spacial score (nSPS) is 14.2. The van der Waals surface area contributed by atoms with Gasteiger partial charge >= 0.3 is 5.97 Å². The van der Waals surface area contributed by atoms with Crippen LogP contribution in [0.4, 0.5) is 0 Å². The van der Waals surface area contributed by atoms with E-state index in [-0.39, 0.29) is 0 Å². The molecule has 4 aromatic rings. The summed E-state index contributed by atoms with van der Waals surface area (Å²) in [6.07, 6.45) is 5.14. The van der Waals surface area contributed by atoms with Gasteiger partial charge in [-0.1, -0.05) is 61.5 Å². The fourth-order valence-corrected chi connectivity index (χ4v) is 4.81. The van der Waals surface area contributed by atoms with Crippen molar-refractivity contribution in [3.05, 3.63) is 106 Å². The Bertz CT molecular complexity index is 1350. The quantitative estimate of drug-likeness (QED) is 0.423. The van der Waals surface area contributed by atoms with E-state index in [1.165, 1.54) is 22.8 Å². The molecule has 0 fully saturated rings. The van der Waals surface area contributed by atoms with E-state index in [9.17, 15) is 9.90 Å². The third-order valence-corrected chi connectivity index (χ3v) is 6.25. The van der Waals surface area contributed by atoms with Gasteiger partial charge in [-0.25, -0.2) is 9.78 Å². The second-order valence-electron chi connectivity index (χ2n) is 8.40. The van der Waals surface area contributed by atoms with Crippen LogP contribution in [0.2, 0.25) is 0 Å². The summed E-state index contributed by atoms with van der Waals surface area (Å²) in [5.41, 5.74) is 8.64. The molecule has 32 heavy (non-hydrogen) atoms. The zero-order valence-corrected chi connectivity index (χ0v) is 18.2. The van der Waals surface area contributed by atoms with Crippen LogP contribution in [0, 0.1) is 0 Å². The standard InChI is InChI=1S/C28H26N2O2/c1-2-7-27-29-25-10-5-6-11-26(25)30(27)18-19-12-15-23-21(16-19)14-13-20-8-3-4-9-22(20)24(23)17-28(31)32/h3-6,8-12,15-17H,2,7,13-14,18H2,1H3,(H,31,32). The van der Waals surface area contributed by atoms with Crippen LogP contribution in [0.1, 0.15) is 47.0 Å². The monoisotopic (exact) mass is 422 g/mol. The minimum atomic E-state index is -0.916. The molecule has 0 amide bonds. The van der Waals surface area contributed by atoms with Crippen molar-refractivity contribution in [1.29, 1.82) is 0 Å². The summed E-state index contributed by atoms with van der Waals surface area (Å²) in [5, 5.41) is 9.53. The molecule has 1 aliphatic rings. The predicted molar refractivity (Wildman–Crippen MR) is 128 cm³/mol. The van der Waals surface area contributed by atoms with Crippen LogP contribution in [0.25, 0.3) is 16.6 Å². The first kappa shape index (κ1) is 20.3. The van der Waals surface area contributed by atoms with Crippen molar-refractivity contribution >= 4 is 22.6 Å². The first-order valence-electron chi connectivity index (χ1n) is 11.2. The number of nitrogens with zero attached hydrogens (tertiary/aromatic N) is 2. The van der Waals surface area contributed by atoms with Crippen LogP contribution in [0.3, 0.4) is 0 Å². The van der Waals surface area contributed by atoms with Crippen LogP contribution in [0.15, 0.2) is 72.8 Å². The fourth-order valence-electron chi connectivity index (χ4n) is 4.81. The number of aromatic nitrogens is 2. The van der Waals surface area contributed by atoms with Gasteiger partial charge in [0, 0.05) is 19.0 Å². The van der Waals surface area contributed by atoms with Crippen LogP contribution < -0.4 is 0 Å². The number of carbonyl (C=O) groups is 1. The molecule has 0 unspecified atom stereocenters. The number of benzene rings is 3. The summed E-state index contributed by atoms with van der Waals surface area (Å²) >= 11 is 0. The summed E-state index contributed by atoms with van der Waals surface area (Å²) in [6, 6.07) is 22.9. The van der Waals surface area contributed by atoms with E-state index in [4.69, 9.17) is 4.98 Å². The Labute approximate surface area is 187 Å². The summed E-state index contributed by atoms with van der Waals surface area (Å²) in [5.74, 6) is 0.198. The highest BCUT2D eigenvalue weighted by Gasteiger charge is 2.20. The molecule has 0 aliphatic heterocycles. The van der Waals surface area contributed by atoms with E-state index >= 15 is 0 Å². The topological polar surface area (TPSA) is 55.1 Å². The third kappa shape index (κ3) is 3.73. The molecular formula is C28H26N2O2. The molecule has 0 atom stereocenters. The van der Waals surface area contributed by atoms with Crippen molar-refractivity contribution < 1.29 is 9.90 Å². The Kier molecular flexibility index (Phi) is 5.36. The van der Waals surface area contributed by atoms with Crippen LogP contribution >= 0.6 is 0 Å². The largest absolute Gasteiger partial charge is 0.478 e. The molecule has 160 valence electrons. The molecule has 1 aliphatic carbocycles. The van der Waals surface area contributed by atoms with Gasteiger partial charge in [-0.05, 0) is 64.8 Å². The van der Waals surface area contributed by atoms with Crippen molar-refractivity contribution in [2.75, 3.05) is 0 Å². The highest BCUT2D eigenvalue weighted by Crippen LogP contribution is 2.34. The van der Waals surface area contributed by atoms with Crippen molar-refractivity contribution in [2.24, 2.45) is 0 Å². The molecule has 0 saturated carbocycles. The molecule has 4 nitrogen and oxygen atoms in total. The zero-order valence-electron chi connectivity index (χ0n) is 18.2. The Morgan fingerprint density at radius 3 is 2.59 bits per heavy atom. The Balaban J connectivity index is 1.58. The average molecular weight is 423 g/mol. The van der Waals surface area contributed by atoms with Gasteiger partial charge in [0.25, 0.3) is 0 Å². The van der Waals surface area contributed by atoms with Gasteiger partial charge in [0.1, 0.15) is 5.82 Å². The number of fused-ring (bicyclic) bond motifs is 3. The van der Waals surface area contributed by atoms with Gasteiger partial charge in [-0.3, -0.25) is 0 Å². The van der Waals surface area contributed by atoms with E-state index in [1.54, 1.807) is 0 Å². The number of para-hydroxylation sites is 2. The lowest BCUT2D eigenvalue weighted by molar-refractivity contribution is -0.131. The molecule has 1 aromatic heterocycles. The molecule has 5 rings (SSSR count). The number of aliphatic carboxylic acids is 1. The number of carboxylic acid groups (broad SMARTS) is 1. The molecule has 4 heteroatoms. The highest BCUT2D eigenvalue weighted by atomic mass is 16.4. The van der Waals surface area contributed by atoms with E-state index in [2.05, 4.69) is 54.0 Å². The highest BCUT2D eigenvalue weighted by molar-refractivity contribution is 5.97. The average Bonchev–Trinajstić information content (AvgIpc) is 3.05. The molecule has 1 heterocycles. The lowest BCUT2D eigenvalue weighted by atomic mass is 9.92. The minimum Gasteiger partial charge on any atom is -0.478 e. The van der Waals surface area contributed by atoms with Crippen LogP contribution in [0.5, 0.6) is 0 Å². The van der Waals surface area contributed by atoms with E-state index in [1.807, 2.05) is 24.3 Å². The Morgan fingerprint density at radius 1 is 1.00 bits per heavy atom. The van der Waals surface area contributed by atoms with Crippen molar-refractivity contribution in [3.63, 3.8) is 0 Å². The minimum absolute atomic E-state index is 0.758. The predicted octanol–water partition coefficient (Wildman–Crippen LogP) is 5.65. The van der Waals surface area contributed by atoms with Gasteiger partial charge in [0.05, 0.1) is 11.0 Å². The molecule has 0 bridgehead atoms. The smallest absolute Gasteiger partial charge is 0.328 e. The van der Waals surface area contributed by atoms with Crippen LogP contribution in [-0.4, -0.2) is 20.6 Å². The van der Waals surface area contributed by atoms with Gasteiger partial charge in [0.2, 0.25) is 0 Å². The SMILES string of the molecule is CCCc1nc2ccccc2n1Cc1ccc2c(c1)CCc1ccccc1C2=CC(=O)O. The molecular weight excluding hydrogens is 396 g/mol. The lowest BCUT2D eigenvalue weighted by Gasteiger charge is -2.14. The Morgan fingerprint density at radius 2 is 1.75 bits per heavy atom. The number of rotatable bonds is 5. The van der Waals surface area contributed by atoms with Crippen LogP contribution in [-0.2, 0) is 30.6 Å². The molecule has 0 spiro atoms. The van der Waals surface area contributed by atoms with Crippen molar-refractivity contribution in [3.8, 4) is 0 Å². The maximum Gasteiger partial charge on any atom is 0.328 e. The van der Waals surface area contributed by atoms with Gasteiger partial charge in [-0.2, -0.15) is 0 Å². The lowest BCUT2D eigenvalue weighted by Crippen LogP contribution is -2.06. The first-order valence-corrected chi connectivity index (χ1v) is 11.2. The number of hydrogen-bond donors (Lipinski definition) is 1. The summed E-state index contributed by atoms with van der Waals surface area (Å²) in [4.78, 5) is 16.5. The summed E-state index contributed by atoms with van der Waals surface area (Å²) in [7, 11) is 0. The summed E-state index contributed by atoms with van der Waals surface area (Å²) in [6.45, 7) is 2.94. The Hall–Kier alpha value is -3.66.